The number of rotatable bonds is 6. The van der Waals surface area contributed by atoms with Crippen LogP contribution in [0.25, 0.3) is 0 Å². The lowest BCUT2D eigenvalue weighted by molar-refractivity contribution is 0.0696. The van der Waals surface area contributed by atoms with E-state index in [1.54, 1.807) is 24.3 Å². The number of methoxy groups -OCH3 is 1. The molecule has 0 aliphatic heterocycles. The van der Waals surface area contributed by atoms with E-state index in [0.717, 1.165) is 0 Å². The van der Waals surface area contributed by atoms with Gasteiger partial charge in [0.2, 0.25) is 3.79 Å². The summed E-state index contributed by atoms with van der Waals surface area (Å²) in [6, 6.07) is 12.2. The zero-order chi connectivity index (χ0) is 21.6. The molecule has 0 spiro atoms. The van der Waals surface area contributed by atoms with Crippen molar-refractivity contribution in [2.24, 2.45) is 0 Å². The number of benzene rings is 2. The SMILES string of the molecule is COc1ccc(C(=O)N[C@@H](NC(=S)Nc2ccc(C(=O)O)cc2)C(Cl)(Cl)Cl)cc1. The molecule has 2 rings (SSSR count). The summed E-state index contributed by atoms with van der Waals surface area (Å²) in [5.41, 5.74) is 0.965. The molecule has 2 aromatic carbocycles. The van der Waals surface area contributed by atoms with Gasteiger partial charge in [-0.05, 0) is 60.7 Å². The maximum atomic E-state index is 12.5. The first-order valence-corrected chi connectivity index (χ1v) is 9.57. The van der Waals surface area contributed by atoms with E-state index in [0.29, 0.717) is 17.0 Å². The van der Waals surface area contributed by atoms with Gasteiger partial charge in [0.1, 0.15) is 11.9 Å². The van der Waals surface area contributed by atoms with Crippen molar-refractivity contribution in [3.05, 3.63) is 59.7 Å². The van der Waals surface area contributed by atoms with Crippen molar-refractivity contribution >= 4 is 69.7 Å². The summed E-state index contributed by atoms with van der Waals surface area (Å²) in [6.45, 7) is 0. The van der Waals surface area contributed by atoms with E-state index in [1.807, 2.05) is 0 Å². The highest BCUT2D eigenvalue weighted by Gasteiger charge is 2.34. The van der Waals surface area contributed by atoms with Crippen LogP contribution in [0.15, 0.2) is 48.5 Å². The van der Waals surface area contributed by atoms with Crippen molar-refractivity contribution in [1.29, 1.82) is 0 Å². The molecule has 1 atom stereocenters. The molecule has 0 aliphatic carbocycles. The summed E-state index contributed by atoms with van der Waals surface area (Å²) in [4.78, 5) is 23.4. The maximum Gasteiger partial charge on any atom is 0.335 e. The number of nitrogens with one attached hydrogen (secondary N) is 3. The van der Waals surface area contributed by atoms with Gasteiger partial charge in [-0.3, -0.25) is 4.79 Å². The van der Waals surface area contributed by atoms with Crippen molar-refractivity contribution in [1.82, 2.24) is 10.6 Å². The number of carbonyl (C=O) groups excluding carboxylic acids is 1. The molecule has 0 fully saturated rings. The Morgan fingerprint density at radius 1 is 1.00 bits per heavy atom. The molecule has 0 bridgehead atoms. The van der Waals surface area contributed by atoms with Crippen LogP contribution in [0.5, 0.6) is 5.75 Å². The molecule has 29 heavy (non-hydrogen) atoms. The average Bonchev–Trinajstić information content (AvgIpc) is 2.67. The largest absolute Gasteiger partial charge is 0.497 e. The Morgan fingerprint density at radius 2 is 1.55 bits per heavy atom. The summed E-state index contributed by atoms with van der Waals surface area (Å²) in [5.74, 6) is -0.947. The number of alkyl halides is 3. The molecule has 0 aliphatic rings. The summed E-state index contributed by atoms with van der Waals surface area (Å²) >= 11 is 23.1. The van der Waals surface area contributed by atoms with Crippen LogP contribution < -0.4 is 20.7 Å². The zero-order valence-corrected chi connectivity index (χ0v) is 18.0. The van der Waals surface area contributed by atoms with Crippen molar-refractivity contribution in [3.8, 4) is 5.75 Å². The molecule has 11 heteroatoms. The van der Waals surface area contributed by atoms with Gasteiger partial charge in [-0.1, -0.05) is 34.8 Å². The highest BCUT2D eigenvalue weighted by molar-refractivity contribution is 7.80. The molecule has 1 amide bonds. The fourth-order valence-corrected chi connectivity index (χ4v) is 2.71. The van der Waals surface area contributed by atoms with Crippen LogP contribution in [0.2, 0.25) is 0 Å². The molecule has 0 saturated heterocycles. The molecule has 4 N–H and O–H groups in total. The van der Waals surface area contributed by atoms with Gasteiger partial charge in [-0.25, -0.2) is 4.79 Å². The van der Waals surface area contributed by atoms with Crippen LogP contribution in [-0.2, 0) is 0 Å². The highest BCUT2D eigenvalue weighted by atomic mass is 35.6. The first-order chi connectivity index (χ1) is 13.6. The Labute approximate surface area is 187 Å². The van der Waals surface area contributed by atoms with E-state index in [1.165, 1.54) is 31.4 Å². The van der Waals surface area contributed by atoms with Gasteiger partial charge in [0, 0.05) is 11.3 Å². The Hall–Kier alpha value is -2.26. The Morgan fingerprint density at radius 3 is 2.03 bits per heavy atom. The van der Waals surface area contributed by atoms with Gasteiger partial charge in [0.15, 0.2) is 5.11 Å². The third-order valence-corrected chi connectivity index (χ3v) is 4.49. The standard InChI is InChI=1S/C18H16Cl3N3O4S/c1-28-13-8-4-10(5-9-13)14(25)23-16(18(19,20)21)24-17(29)22-12-6-2-11(3-7-12)15(26)27/h2-9,16H,1H3,(H,23,25)(H,26,27)(H2,22,24,29)/t16-/m0/s1. The number of carbonyl (C=O) groups is 2. The van der Waals surface area contributed by atoms with Crippen LogP contribution in [0.1, 0.15) is 20.7 Å². The van der Waals surface area contributed by atoms with Crippen molar-refractivity contribution < 1.29 is 19.4 Å². The second kappa shape index (κ2) is 9.98. The second-order valence-electron chi connectivity index (χ2n) is 5.66. The third kappa shape index (κ3) is 6.93. The number of hydrogen-bond acceptors (Lipinski definition) is 4. The molecule has 7 nitrogen and oxygen atoms in total. The molecule has 0 saturated carbocycles. The van der Waals surface area contributed by atoms with Crippen LogP contribution in [0.3, 0.4) is 0 Å². The summed E-state index contributed by atoms with van der Waals surface area (Å²) in [7, 11) is 1.51. The topological polar surface area (TPSA) is 99.7 Å². The molecule has 0 aromatic heterocycles. The smallest absolute Gasteiger partial charge is 0.335 e. The molecular weight excluding hydrogens is 461 g/mol. The van der Waals surface area contributed by atoms with Gasteiger partial charge in [-0.15, -0.1) is 0 Å². The predicted octanol–water partition coefficient (Wildman–Crippen LogP) is 3.81. The first-order valence-electron chi connectivity index (χ1n) is 8.02. The number of amides is 1. The van der Waals surface area contributed by atoms with Crippen molar-refractivity contribution in [2.75, 3.05) is 12.4 Å². The lowest BCUT2D eigenvalue weighted by Crippen LogP contribution is -2.56. The number of carboxylic acid groups (broad SMARTS) is 1. The Bertz CT molecular complexity index is 887. The Kier molecular flexibility index (Phi) is 7.92. The van der Waals surface area contributed by atoms with Gasteiger partial charge >= 0.3 is 5.97 Å². The molecule has 0 unspecified atom stereocenters. The third-order valence-electron chi connectivity index (χ3n) is 3.62. The number of aromatic carboxylic acids is 1. The van der Waals surface area contributed by atoms with Crippen LogP contribution >= 0.6 is 47.0 Å². The average molecular weight is 477 g/mol. The van der Waals surface area contributed by atoms with E-state index in [4.69, 9.17) is 56.9 Å². The monoisotopic (exact) mass is 475 g/mol. The van der Waals surface area contributed by atoms with Gasteiger partial charge in [0.05, 0.1) is 12.7 Å². The number of hydrogen-bond donors (Lipinski definition) is 4. The minimum atomic E-state index is -1.92. The summed E-state index contributed by atoms with van der Waals surface area (Å²) < 4.78 is 3.13. The zero-order valence-electron chi connectivity index (χ0n) is 14.9. The van der Waals surface area contributed by atoms with Gasteiger partial charge in [-0.2, -0.15) is 0 Å². The second-order valence-corrected chi connectivity index (χ2v) is 8.43. The highest BCUT2D eigenvalue weighted by Crippen LogP contribution is 2.29. The lowest BCUT2D eigenvalue weighted by atomic mass is 10.2. The van der Waals surface area contributed by atoms with E-state index >= 15 is 0 Å². The van der Waals surface area contributed by atoms with Crippen LogP contribution in [0.4, 0.5) is 5.69 Å². The number of ether oxygens (including phenoxy) is 1. The van der Waals surface area contributed by atoms with Crippen LogP contribution in [0, 0.1) is 0 Å². The molecule has 154 valence electrons. The first kappa shape index (κ1) is 23.0. The van der Waals surface area contributed by atoms with E-state index < -0.39 is 21.8 Å². The van der Waals surface area contributed by atoms with Crippen molar-refractivity contribution in [2.45, 2.75) is 9.96 Å². The summed E-state index contributed by atoms with van der Waals surface area (Å²) in [5, 5.41) is 17.1. The molecule has 2 aromatic rings. The normalized spacial score (nSPS) is 11.9. The number of carboxylic acids is 1. The molecule has 0 radical (unpaired) electrons. The molecular formula is C18H16Cl3N3O4S. The van der Waals surface area contributed by atoms with Gasteiger partial charge in [0.25, 0.3) is 5.91 Å². The number of halogens is 3. The maximum absolute atomic E-state index is 12.5. The predicted molar refractivity (Wildman–Crippen MR) is 117 cm³/mol. The molecule has 0 heterocycles. The minimum absolute atomic E-state index is 0.0550. The van der Waals surface area contributed by atoms with Crippen molar-refractivity contribution in [3.63, 3.8) is 0 Å². The van der Waals surface area contributed by atoms with E-state index in [-0.39, 0.29) is 10.7 Å². The van der Waals surface area contributed by atoms with E-state index in [2.05, 4.69) is 16.0 Å². The number of thiocarbonyl (C=S) groups is 1. The lowest BCUT2D eigenvalue weighted by Gasteiger charge is -2.27. The van der Waals surface area contributed by atoms with Gasteiger partial charge < -0.3 is 25.8 Å². The minimum Gasteiger partial charge on any atom is -0.497 e. The summed E-state index contributed by atoms with van der Waals surface area (Å²) in [6.07, 6.45) is -1.15. The fraction of sp³-hybridized carbons (Fsp3) is 0.167. The number of anilines is 1. The Balaban J connectivity index is 2.04. The quantitative estimate of drug-likeness (QED) is 0.286. The van der Waals surface area contributed by atoms with E-state index in [9.17, 15) is 9.59 Å². The van der Waals surface area contributed by atoms with Crippen LogP contribution in [-0.4, -0.2) is 39.2 Å². The fourth-order valence-electron chi connectivity index (χ4n) is 2.15.